The van der Waals surface area contributed by atoms with Crippen LogP contribution in [0.3, 0.4) is 0 Å². The van der Waals surface area contributed by atoms with E-state index < -0.39 is 0 Å². The van der Waals surface area contributed by atoms with Crippen molar-refractivity contribution < 1.29 is 32.7 Å². The fourth-order valence-corrected chi connectivity index (χ4v) is 0. The molecule has 0 amide bonds. The molecule has 0 aliphatic heterocycles. The van der Waals surface area contributed by atoms with Crippen molar-refractivity contribution in [2.45, 2.75) is 0 Å². The summed E-state index contributed by atoms with van der Waals surface area (Å²) < 4.78 is 0. The zero-order chi connectivity index (χ0) is 4.71. The SMILES string of the molecule is C=C[CH2-].II.[Y]. The molecule has 35 valence electrons. The minimum atomic E-state index is 0. The molecule has 0 aromatic heterocycles. The first kappa shape index (κ1) is 15.7. The van der Waals surface area contributed by atoms with Crippen LogP contribution in [0.4, 0.5) is 0 Å². The minimum Gasteiger partial charge on any atom is -0.245 e. The smallest absolute Gasteiger partial charge is 0 e. The third-order valence-electron chi connectivity index (χ3n) is 0. The molecule has 0 saturated carbocycles. The van der Waals surface area contributed by atoms with Gasteiger partial charge in [-0.25, -0.2) is 19.6 Å². The van der Waals surface area contributed by atoms with Gasteiger partial charge < -0.3 is 0 Å². The quantitative estimate of drug-likeness (QED) is 0.446. The number of hydrogen-bond donors (Lipinski definition) is 0. The van der Waals surface area contributed by atoms with Crippen LogP contribution in [-0.2, 0) is 32.7 Å². The molecule has 0 N–H and O–H groups in total. The van der Waals surface area contributed by atoms with Gasteiger partial charge in [-0.2, -0.15) is 0 Å². The van der Waals surface area contributed by atoms with Gasteiger partial charge in [0, 0.05) is 69.9 Å². The molecule has 0 unspecified atom stereocenters. The van der Waals surface area contributed by atoms with Crippen molar-refractivity contribution in [2.75, 3.05) is 0 Å². The Hall–Kier alpha value is 2.17. The molecule has 1 radical (unpaired) electrons. The van der Waals surface area contributed by atoms with Crippen molar-refractivity contribution >= 4 is 37.2 Å². The van der Waals surface area contributed by atoms with Gasteiger partial charge in [-0.15, -0.1) is 0 Å². The average molecular weight is 384 g/mol. The molecule has 3 heteroatoms. The van der Waals surface area contributed by atoms with Crippen LogP contribution in [0.1, 0.15) is 0 Å². The van der Waals surface area contributed by atoms with Crippen molar-refractivity contribution in [3.8, 4) is 0 Å². The van der Waals surface area contributed by atoms with Crippen LogP contribution in [0.15, 0.2) is 12.7 Å². The maximum absolute atomic E-state index is 3.25. The Morgan fingerprint density at radius 2 is 1.50 bits per heavy atom. The maximum Gasteiger partial charge on any atom is 0 e. The third-order valence-corrected chi connectivity index (χ3v) is 0. The van der Waals surface area contributed by atoms with E-state index in [1.165, 1.54) is 6.08 Å². The van der Waals surface area contributed by atoms with Gasteiger partial charge in [-0.05, 0) is 0 Å². The van der Waals surface area contributed by atoms with E-state index >= 15 is 0 Å². The number of halogens is 2. The third kappa shape index (κ3) is 35.0. The van der Waals surface area contributed by atoms with E-state index in [4.69, 9.17) is 0 Å². The Kier molecular flexibility index (Phi) is 71.1. The van der Waals surface area contributed by atoms with Crippen LogP contribution in [-0.4, -0.2) is 0 Å². The number of rotatable bonds is 0. The molecule has 0 rings (SSSR count). The topological polar surface area (TPSA) is 0 Å². The summed E-state index contributed by atoms with van der Waals surface area (Å²) >= 11 is 4.24. The monoisotopic (exact) mass is 384 g/mol. The largest absolute Gasteiger partial charge is 0.245 e. The Bertz CT molecular complexity index is 16.3. The van der Waals surface area contributed by atoms with Crippen molar-refractivity contribution in [1.29, 1.82) is 0 Å². The molecule has 0 nitrogen and oxygen atoms in total. The van der Waals surface area contributed by atoms with Gasteiger partial charge in [-0.3, -0.25) is 0 Å². The van der Waals surface area contributed by atoms with E-state index in [-0.39, 0.29) is 32.7 Å². The zero-order valence-corrected chi connectivity index (χ0v) is 10.5. The van der Waals surface area contributed by atoms with Crippen LogP contribution < -0.4 is 0 Å². The molecular formula is C3H5I2Y-. The van der Waals surface area contributed by atoms with Crippen LogP contribution in [0.5, 0.6) is 0 Å². The van der Waals surface area contributed by atoms with Crippen molar-refractivity contribution in [3.05, 3.63) is 19.6 Å². The molecule has 0 fully saturated rings. The molecule has 0 heterocycles. The number of hydrogen-bond acceptors (Lipinski definition) is 0. The Labute approximate surface area is 87.7 Å². The maximum atomic E-state index is 3.25. The van der Waals surface area contributed by atoms with Gasteiger partial charge in [0.15, 0.2) is 0 Å². The molecular weight excluding hydrogens is 379 g/mol. The first-order valence-corrected chi connectivity index (χ1v) is 7.25. The predicted octanol–water partition coefficient (Wildman–Crippen LogP) is 2.78. The van der Waals surface area contributed by atoms with Crippen molar-refractivity contribution in [2.24, 2.45) is 0 Å². The summed E-state index contributed by atoms with van der Waals surface area (Å²) in [6.07, 6.45) is 1.50. The van der Waals surface area contributed by atoms with Gasteiger partial charge >= 0.3 is 0 Å². The van der Waals surface area contributed by atoms with E-state index in [1.54, 1.807) is 0 Å². The molecule has 0 aromatic rings. The second-order valence-electron chi connectivity index (χ2n) is 0.289. The second-order valence-corrected chi connectivity index (χ2v) is 0.289. The second kappa shape index (κ2) is 27.1. The Morgan fingerprint density at radius 3 is 1.50 bits per heavy atom. The fraction of sp³-hybridized carbons (Fsp3) is 0. The summed E-state index contributed by atoms with van der Waals surface area (Å²) in [5, 5.41) is 0. The molecule has 0 spiro atoms. The standard InChI is InChI=1S/C3H5.I2.Y/c1-3-2;1-2;/h3H,1-2H2;;/q-1;;. The summed E-state index contributed by atoms with van der Waals surface area (Å²) in [5.41, 5.74) is 0. The molecule has 0 aromatic carbocycles. The first-order valence-electron chi connectivity index (χ1n) is 0.959. The van der Waals surface area contributed by atoms with Crippen LogP contribution in [0, 0.1) is 6.92 Å². The summed E-state index contributed by atoms with van der Waals surface area (Å²) in [7, 11) is 0. The molecule has 0 saturated heterocycles. The van der Waals surface area contributed by atoms with Gasteiger partial charge in [0.25, 0.3) is 0 Å². The van der Waals surface area contributed by atoms with Crippen LogP contribution in [0.25, 0.3) is 0 Å². The summed E-state index contributed by atoms with van der Waals surface area (Å²) in [5.74, 6) is 0. The zero-order valence-electron chi connectivity index (χ0n) is 3.32. The van der Waals surface area contributed by atoms with Gasteiger partial charge in [0.1, 0.15) is 0 Å². The normalized spacial score (nSPS) is 3.00. The fourth-order valence-electron chi connectivity index (χ4n) is 0. The average Bonchev–Trinajstić information content (AvgIpc) is 1.46. The summed E-state index contributed by atoms with van der Waals surface area (Å²) in [6.45, 7) is 6.50. The Balaban J connectivity index is -0.0000000275. The molecule has 0 atom stereocenters. The van der Waals surface area contributed by atoms with E-state index in [1.807, 2.05) is 0 Å². The van der Waals surface area contributed by atoms with E-state index in [0.717, 1.165) is 0 Å². The van der Waals surface area contributed by atoms with Crippen molar-refractivity contribution in [1.82, 2.24) is 0 Å². The van der Waals surface area contributed by atoms with Gasteiger partial charge in [0.05, 0.1) is 0 Å². The van der Waals surface area contributed by atoms with Gasteiger partial charge in [0.2, 0.25) is 0 Å². The molecule has 0 bridgehead atoms. The van der Waals surface area contributed by atoms with Crippen LogP contribution >= 0.6 is 37.2 Å². The van der Waals surface area contributed by atoms with Gasteiger partial charge in [-0.1, -0.05) is 0 Å². The summed E-state index contributed by atoms with van der Waals surface area (Å²) in [6, 6.07) is 0. The number of allylic oxidation sites excluding steroid dienone is 1. The molecule has 0 aliphatic carbocycles. The Morgan fingerprint density at radius 1 is 1.50 bits per heavy atom. The van der Waals surface area contributed by atoms with E-state index in [0.29, 0.717) is 0 Å². The summed E-state index contributed by atoms with van der Waals surface area (Å²) in [4.78, 5) is 0. The van der Waals surface area contributed by atoms with Crippen molar-refractivity contribution in [3.63, 3.8) is 0 Å². The van der Waals surface area contributed by atoms with Crippen LogP contribution in [0.2, 0.25) is 0 Å². The minimum absolute atomic E-state index is 0. The molecule has 0 aliphatic rings. The first-order chi connectivity index (χ1) is 2.41. The molecule has 6 heavy (non-hydrogen) atoms. The van der Waals surface area contributed by atoms with E-state index in [9.17, 15) is 0 Å². The van der Waals surface area contributed by atoms with E-state index in [2.05, 4.69) is 50.7 Å². The predicted molar refractivity (Wildman–Crippen MR) is 43.6 cm³/mol.